The van der Waals surface area contributed by atoms with Gasteiger partial charge < -0.3 is 0 Å². The van der Waals surface area contributed by atoms with Crippen molar-refractivity contribution in [2.45, 2.75) is 32.1 Å². The highest BCUT2D eigenvalue weighted by molar-refractivity contribution is 5.83. The highest BCUT2D eigenvalue weighted by atomic mass is 14.7. The van der Waals surface area contributed by atoms with Crippen LogP contribution < -0.4 is 0 Å². The molecule has 1 aromatic carbocycles. The summed E-state index contributed by atoms with van der Waals surface area (Å²) in [4.78, 5) is 0. The third kappa shape index (κ3) is 1.03. The first kappa shape index (κ1) is 10.9. The van der Waals surface area contributed by atoms with Crippen LogP contribution in [-0.2, 0) is 5.41 Å². The predicted octanol–water partition coefficient (Wildman–Crippen LogP) is 4.95. The lowest BCUT2D eigenvalue weighted by Crippen LogP contribution is -2.26. The molecule has 1 aromatic rings. The van der Waals surface area contributed by atoms with Crippen LogP contribution in [0.1, 0.15) is 37.8 Å². The van der Waals surface area contributed by atoms with Crippen LogP contribution in [0, 0.1) is 5.41 Å². The third-order valence-electron chi connectivity index (χ3n) is 5.86. The Labute approximate surface area is 120 Å². The lowest BCUT2D eigenvalue weighted by atomic mass is 9.67. The molecule has 0 heteroatoms. The average molecular weight is 258 g/mol. The Bertz CT molecular complexity index is 784. The lowest BCUT2D eigenvalue weighted by Gasteiger charge is -2.36. The van der Waals surface area contributed by atoms with Gasteiger partial charge in [0.15, 0.2) is 0 Å². The lowest BCUT2D eigenvalue weighted by molar-refractivity contribution is 0.583. The maximum atomic E-state index is 2.46. The molecule has 1 fully saturated rings. The monoisotopic (exact) mass is 258 g/mol. The van der Waals surface area contributed by atoms with Gasteiger partial charge in [-0.15, -0.1) is 0 Å². The SMILES string of the molecule is CC1=CC2=C3CC(=C1)c1ccccc1C31CC1(C)C=C2. The summed E-state index contributed by atoms with van der Waals surface area (Å²) in [5, 5.41) is 0. The molecule has 2 bridgehead atoms. The second-order valence-corrected chi connectivity index (χ2v) is 7.05. The van der Waals surface area contributed by atoms with Crippen molar-refractivity contribution < 1.29 is 0 Å². The van der Waals surface area contributed by atoms with Crippen LogP contribution in [0.25, 0.3) is 5.57 Å². The fourth-order valence-corrected chi connectivity index (χ4v) is 4.85. The number of rotatable bonds is 0. The Kier molecular flexibility index (Phi) is 1.68. The zero-order valence-electron chi connectivity index (χ0n) is 12.0. The summed E-state index contributed by atoms with van der Waals surface area (Å²) in [6, 6.07) is 9.09. The average Bonchev–Trinajstić information content (AvgIpc) is 3.10. The molecule has 0 aliphatic heterocycles. The Balaban J connectivity index is 1.94. The van der Waals surface area contributed by atoms with Gasteiger partial charge >= 0.3 is 0 Å². The fourth-order valence-electron chi connectivity index (χ4n) is 4.85. The molecule has 0 nitrogen and oxygen atoms in total. The number of benzene rings is 1. The summed E-state index contributed by atoms with van der Waals surface area (Å²) in [5.41, 5.74) is 9.73. The maximum Gasteiger partial charge on any atom is 0.0277 e. The van der Waals surface area contributed by atoms with E-state index in [0.717, 1.165) is 6.42 Å². The van der Waals surface area contributed by atoms with Gasteiger partial charge in [-0.05, 0) is 47.6 Å². The highest BCUT2D eigenvalue weighted by Gasteiger charge is 2.68. The molecular weight excluding hydrogens is 240 g/mol. The van der Waals surface area contributed by atoms with Crippen LogP contribution in [0.4, 0.5) is 0 Å². The van der Waals surface area contributed by atoms with Crippen molar-refractivity contribution >= 4 is 5.57 Å². The number of allylic oxidation sites excluding steroid dienone is 8. The molecule has 5 rings (SSSR count). The Morgan fingerprint density at radius 3 is 2.85 bits per heavy atom. The molecule has 0 heterocycles. The van der Waals surface area contributed by atoms with E-state index < -0.39 is 0 Å². The van der Waals surface area contributed by atoms with E-state index >= 15 is 0 Å². The van der Waals surface area contributed by atoms with Crippen LogP contribution >= 0.6 is 0 Å². The number of hydrogen-bond donors (Lipinski definition) is 0. The zero-order chi connectivity index (χ0) is 13.5. The van der Waals surface area contributed by atoms with Crippen LogP contribution in [0.2, 0.25) is 0 Å². The topological polar surface area (TPSA) is 0 Å². The van der Waals surface area contributed by atoms with Gasteiger partial charge in [-0.25, -0.2) is 0 Å². The van der Waals surface area contributed by atoms with Gasteiger partial charge in [0, 0.05) is 10.8 Å². The molecule has 2 atom stereocenters. The minimum Gasteiger partial charge on any atom is -0.0767 e. The van der Waals surface area contributed by atoms with Crippen LogP contribution in [-0.4, -0.2) is 0 Å². The number of fused-ring (bicyclic) bond motifs is 3. The van der Waals surface area contributed by atoms with E-state index in [1.54, 1.807) is 11.1 Å². The van der Waals surface area contributed by atoms with Gasteiger partial charge in [-0.2, -0.15) is 0 Å². The van der Waals surface area contributed by atoms with Crippen molar-refractivity contribution in [3.8, 4) is 0 Å². The van der Waals surface area contributed by atoms with E-state index in [1.807, 2.05) is 0 Å². The summed E-state index contributed by atoms with van der Waals surface area (Å²) in [5.74, 6) is 0. The smallest absolute Gasteiger partial charge is 0.0277 e. The largest absolute Gasteiger partial charge is 0.0767 e. The molecule has 2 unspecified atom stereocenters. The second-order valence-electron chi connectivity index (χ2n) is 7.05. The third-order valence-corrected chi connectivity index (χ3v) is 5.86. The van der Waals surface area contributed by atoms with E-state index in [2.05, 4.69) is 62.4 Å². The van der Waals surface area contributed by atoms with E-state index in [9.17, 15) is 0 Å². The maximum absolute atomic E-state index is 2.46. The molecule has 20 heavy (non-hydrogen) atoms. The Hall–Kier alpha value is -1.82. The summed E-state index contributed by atoms with van der Waals surface area (Å²) < 4.78 is 0. The molecule has 4 aliphatic rings. The quantitative estimate of drug-likeness (QED) is 0.618. The molecule has 4 aliphatic carbocycles. The molecule has 0 saturated heterocycles. The summed E-state index contributed by atoms with van der Waals surface area (Å²) in [7, 11) is 0. The zero-order valence-corrected chi connectivity index (χ0v) is 12.0. The molecule has 0 amide bonds. The van der Waals surface area contributed by atoms with E-state index in [0.29, 0.717) is 10.8 Å². The molecule has 0 radical (unpaired) electrons. The van der Waals surface area contributed by atoms with Crippen molar-refractivity contribution in [3.63, 3.8) is 0 Å². The minimum atomic E-state index is 0.298. The van der Waals surface area contributed by atoms with Gasteiger partial charge in [-0.1, -0.05) is 61.1 Å². The van der Waals surface area contributed by atoms with Crippen molar-refractivity contribution in [2.75, 3.05) is 0 Å². The predicted molar refractivity (Wildman–Crippen MR) is 83.4 cm³/mol. The molecule has 0 aromatic heterocycles. The van der Waals surface area contributed by atoms with Crippen LogP contribution in [0.5, 0.6) is 0 Å². The van der Waals surface area contributed by atoms with E-state index in [1.165, 1.54) is 28.7 Å². The second kappa shape index (κ2) is 3.09. The van der Waals surface area contributed by atoms with Gasteiger partial charge in [-0.3, -0.25) is 0 Å². The summed E-state index contributed by atoms with van der Waals surface area (Å²) in [6.45, 7) is 4.66. The molecular formula is C20H18. The fraction of sp³-hybridized carbons (Fsp3) is 0.300. The minimum absolute atomic E-state index is 0.298. The first-order chi connectivity index (χ1) is 9.64. The first-order valence-corrected chi connectivity index (χ1v) is 7.56. The van der Waals surface area contributed by atoms with Crippen LogP contribution in [0.3, 0.4) is 0 Å². The van der Waals surface area contributed by atoms with Crippen molar-refractivity contribution in [2.24, 2.45) is 5.41 Å². The molecule has 98 valence electrons. The van der Waals surface area contributed by atoms with Gasteiger partial charge in [0.2, 0.25) is 0 Å². The standard InChI is InChI=1S/C20H18/c1-13-9-14-7-8-19(2)12-20(19)17-6-4-3-5-16(17)15(10-13)11-18(14)20/h3-10H,11-12H2,1-2H3. The summed E-state index contributed by atoms with van der Waals surface area (Å²) >= 11 is 0. The normalized spacial score (nSPS) is 35.7. The highest BCUT2D eigenvalue weighted by Crippen LogP contribution is 2.74. The van der Waals surface area contributed by atoms with Crippen molar-refractivity contribution in [1.82, 2.24) is 0 Å². The van der Waals surface area contributed by atoms with Gasteiger partial charge in [0.1, 0.15) is 0 Å². The Morgan fingerprint density at radius 1 is 1.10 bits per heavy atom. The van der Waals surface area contributed by atoms with Gasteiger partial charge in [0.25, 0.3) is 0 Å². The van der Waals surface area contributed by atoms with E-state index in [-0.39, 0.29) is 0 Å². The number of hydrogen-bond acceptors (Lipinski definition) is 0. The van der Waals surface area contributed by atoms with Crippen LogP contribution in [0.15, 0.2) is 65.3 Å². The van der Waals surface area contributed by atoms with E-state index in [4.69, 9.17) is 0 Å². The molecule has 1 saturated carbocycles. The summed E-state index contributed by atoms with van der Waals surface area (Å²) in [6.07, 6.45) is 12.0. The molecule has 1 spiro atoms. The molecule has 0 N–H and O–H groups in total. The van der Waals surface area contributed by atoms with Gasteiger partial charge in [0.05, 0.1) is 0 Å². The van der Waals surface area contributed by atoms with Crippen molar-refractivity contribution in [1.29, 1.82) is 0 Å². The first-order valence-electron chi connectivity index (χ1n) is 7.56. The van der Waals surface area contributed by atoms with Crippen molar-refractivity contribution in [3.05, 3.63) is 76.4 Å². The Morgan fingerprint density at radius 2 is 1.95 bits per heavy atom.